The lowest BCUT2D eigenvalue weighted by molar-refractivity contribution is 0.521. The number of aromatic amines is 1. The number of anilines is 4. The van der Waals surface area contributed by atoms with Gasteiger partial charge >= 0.3 is 0 Å². The zero-order chi connectivity index (χ0) is 19.7. The Kier molecular flexibility index (Phi) is 4.73. The smallest absolute Gasteiger partial charge is 0.242 e. The molecule has 0 atom stereocenters. The fraction of sp³-hybridized carbons (Fsp3) is 0.278. The van der Waals surface area contributed by atoms with Crippen LogP contribution in [0.25, 0.3) is 0 Å². The maximum atomic E-state index is 12.1. The van der Waals surface area contributed by atoms with Gasteiger partial charge in [0, 0.05) is 43.7 Å². The molecule has 3 N–H and O–H groups in total. The molecule has 9 nitrogen and oxygen atoms in total. The van der Waals surface area contributed by atoms with Crippen LogP contribution in [0, 0.1) is 0 Å². The van der Waals surface area contributed by atoms with Crippen molar-refractivity contribution < 1.29 is 8.42 Å². The second-order valence-corrected chi connectivity index (χ2v) is 8.96. The number of hydrogen-bond acceptors (Lipinski definition) is 7. The van der Waals surface area contributed by atoms with Gasteiger partial charge in [-0.3, -0.25) is 5.10 Å². The number of hydrogen-bond donors (Lipinski definition) is 3. The van der Waals surface area contributed by atoms with Crippen LogP contribution in [0.4, 0.5) is 23.3 Å². The molecule has 1 aliphatic rings. The molecule has 0 bridgehead atoms. The van der Waals surface area contributed by atoms with E-state index in [1.807, 2.05) is 6.07 Å². The summed E-state index contributed by atoms with van der Waals surface area (Å²) in [7, 11) is -0.452. The molecule has 0 saturated heterocycles. The fourth-order valence-electron chi connectivity index (χ4n) is 2.67. The summed E-state index contributed by atoms with van der Waals surface area (Å²) in [5, 5.41) is 13.5. The summed E-state index contributed by atoms with van der Waals surface area (Å²) in [5.74, 6) is 2.32. The van der Waals surface area contributed by atoms with Crippen LogP contribution in [0.2, 0.25) is 0 Å². The molecule has 1 aromatic carbocycles. The standard InChI is InChI=1S/C18H21N7O2S/c1-25(2)28(26,27)14-7-5-13(6-8-14)20-18-19-10-9-16(22-18)21-17-11-15(23-24-17)12-3-4-12/h5-12H,3-4H2,1-2H3,(H3,19,20,21,22,23,24). The van der Waals surface area contributed by atoms with E-state index in [9.17, 15) is 8.42 Å². The van der Waals surface area contributed by atoms with Gasteiger partial charge in [0.15, 0.2) is 5.82 Å². The Balaban J connectivity index is 1.45. The fourth-order valence-corrected chi connectivity index (χ4v) is 3.58. The maximum absolute atomic E-state index is 12.1. The summed E-state index contributed by atoms with van der Waals surface area (Å²) >= 11 is 0. The number of sulfonamides is 1. The summed E-state index contributed by atoms with van der Waals surface area (Å²) in [4.78, 5) is 8.85. The molecule has 0 aliphatic heterocycles. The van der Waals surface area contributed by atoms with Gasteiger partial charge in [-0.1, -0.05) is 0 Å². The van der Waals surface area contributed by atoms with Gasteiger partial charge in [-0.05, 0) is 43.2 Å². The summed E-state index contributed by atoms with van der Waals surface area (Å²) in [6.07, 6.45) is 4.05. The van der Waals surface area contributed by atoms with Crippen LogP contribution >= 0.6 is 0 Å². The van der Waals surface area contributed by atoms with Gasteiger partial charge in [0.2, 0.25) is 16.0 Å². The van der Waals surface area contributed by atoms with E-state index in [0.717, 1.165) is 5.69 Å². The Morgan fingerprint density at radius 3 is 2.50 bits per heavy atom. The largest absolute Gasteiger partial charge is 0.324 e. The third kappa shape index (κ3) is 3.97. The molecule has 1 fully saturated rings. The Labute approximate surface area is 163 Å². The van der Waals surface area contributed by atoms with E-state index in [1.54, 1.807) is 36.5 Å². The number of benzene rings is 1. The van der Waals surface area contributed by atoms with Crippen molar-refractivity contribution in [1.82, 2.24) is 24.5 Å². The molecule has 1 aliphatic carbocycles. The van der Waals surface area contributed by atoms with Crippen LogP contribution in [0.3, 0.4) is 0 Å². The average Bonchev–Trinajstić information content (AvgIpc) is 3.42. The zero-order valence-corrected chi connectivity index (χ0v) is 16.4. The lowest BCUT2D eigenvalue weighted by Crippen LogP contribution is -2.22. The number of nitrogens with zero attached hydrogens (tertiary/aromatic N) is 4. The van der Waals surface area contributed by atoms with E-state index in [2.05, 4.69) is 30.8 Å². The first kappa shape index (κ1) is 18.4. The molecule has 3 aromatic rings. The van der Waals surface area contributed by atoms with Crippen molar-refractivity contribution in [1.29, 1.82) is 0 Å². The lowest BCUT2D eigenvalue weighted by atomic mass is 10.3. The summed E-state index contributed by atoms with van der Waals surface area (Å²) in [6, 6.07) is 10.2. The number of H-pyrrole nitrogens is 1. The van der Waals surface area contributed by atoms with Crippen molar-refractivity contribution in [2.75, 3.05) is 24.7 Å². The van der Waals surface area contributed by atoms with Crippen molar-refractivity contribution in [3.8, 4) is 0 Å². The van der Waals surface area contributed by atoms with Gasteiger partial charge in [-0.25, -0.2) is 17.7 Å². The van der Waals surface area contributed by atoms with Gasteiger partial charge in [-0.2, -0.15) is 10.1 Å². The molecule has 10 heteroatoms. The monoisotopic (exact) mass is 399 g/mol. The molecule has 0 spiro atoms. The van der Waals surface area contributed by atoms with Crippen LogP contribution in [-0.2, 0) is 10.0 Å². The second-order valence-electron chi connectivity index (χ2n) is 6.81. The molecule has 2 aromatic heterocycles. The molecule has 28 heavy (non-hydrogen) atoms. The van der Waals surface area contributed by atoms with Crippen LogP contribution < -0.4 is 10.6 Å². The molecular weight excluding hydrogens is 378 g/mol. The Bertz CT molecular complexity index is 1070. The van der Waals surface area contributed by atoms with Gasteiger partial charge in [0.05, 0.1) is 4.90 Å². The molecule has 0 radical (unpaired) electrons. The molecular formula is C18H21N7O2S. The van der Waals surface area contributed by atoms with Crippen LogP contribution in [-0.4, -0.2) is 47.0 Å². The Morgan fingerprint density at radius 1 is 1.07 bits per heavy atom. The van der Waals surface area contributed by atoms with Gasteiger partial charge in [0.25, 0.3) is 0 Å². The second kappa shape index (κ2) is 7.21. The first-order valence-corrected chi connectivity index (χ1v) is 10.3. The van der Waals surface area contributed by atoms with E-state index in [4.69, 9.17) is 0 Å². The normalized spacial score (nSPS) is 14.2. The predicted molar refractivity (Wildman–Crippen MR) is 106 cm³/mol. The highest BCUT2D eigenvalue weighted by Crippen LogP contribution is 2.39. The Hall–Kier alpha value is -2.98. The van der Waals surface area contributed by atoms with E-state index in [-0.39, 0.29) is 4.90 Å². The highest BCUT2D eigenvalue weighted by atomic mass is 32.2. The minimum absolute atomic E-state index is 0.226. The van der Waals surface area contributed by atoms with Crippen molar-refractivity contribution in [3.05, 3.63) is 48.3 Å². The minimum atomic E-state index is -3.45. The summed E-state index contributed by atoms with van der Waals surface area (Å²) in [5.41, 5.74) is 1.83. The van der Waals surface area contributed by atoms with Crippen molar-refractivity contribution in [2.24, 2.45) is 0 Å². The highest BCUT2D eigenvalue weighted by molar-refractivity contribution is 7.89. The van der Waals surface area contributed by atoms with Crippen molar-refractivity contribution in [2.45, 2.75) is 23.7 Å². The van der Waals surface area contributed by atoms with E-state index < -0.39 is 10.0 Å². The molecule has 2 heterocycles. The average molecular weight is 399 g/mol. The topological polar surface area (TPSA) is 116 Å². The predicted octanol–water partition coefficient (Wildman–Crippen LogP) is 2.81. The molecule has 0 amide bonds. The van der Waals surface area contributed by atoms with Gasteiger partial charge < -0.3 is 10.6 Å². The summed E-state index contributed by atoms with van der Waals surface area (Å²) in [6.45, 7) is 0. The van der Waals surface area contributed by atoms with Crippen LogP contribution in [0.5, 0.6) is 0 Å². The molecule has 4 rings (SSSR count). The number of nitrogens with one attached hydrogen (secondary N) is 3. The maximum Gasteiger partial charge on any atom is 0.242 e. The quantitative estimate of drug-likeness (QED) is 0.559. The third-order valence-electron chi connectivity index (χ3n) is 4.42. The first-order valence-electron chi connectivity index (χ1n) is 8.87. The Morgan fingerprint density at radius 2 is 1.82 bits per heavy atom. The summed E-state index contributed by atoms with van der Waals surface area (Å²) < 4.78 is 25.4. The SMILES string of the molecule is CN(C)S(=O)(=O)c1ccc(Nc2nccc(Nc3cc(C4CC4)[nH]n3)n2)cc1. The molecule has 1 saturated carbocycles. The van der Waals surface area contributed by atoms with Crippen LogP contribution in [0.1, 0.15) is 24.5 Å². The molecule has 146 valence electrons. The minimum Gasteiger partial charge on any atom is -0.324 e. The lowest BCUT2D eigenvalue weighted by Gasteiger charge is -2.12. The van der Waals surface area contributed by atoms with Gasteiger partial charge in [0.1, 0.15) is 5.82 Å². The van der Waals surface area contributed by atoms with E-state index >= 15 is 0 Å². The van der Waals surface area contributed by atoms with Gasteiger partial charge in [-0.15, -0.1) is 0 Å². The van der Waals surface area contributed by atoms with E-state index in [1.165, 1.54) is 31.2 Å². The zero-order valence-electron chi connectivity index (χ0n) is 15.5. The molecule has 0 unspecified atom stereocenters. The highest BCUT2D eigenvalue weighted by Gasteiger charge is 2.25. The first-order chi connectivity index (χ1) is 13.4. The number of rotatable bonds is 7. The van der Waals surface area contributed by atoms with E-state index in [0.29, 0.717) is 29.2 Å². The third-order valence-corrected chi connectivity index (χ3v) is 6.24. The van der Waals surface area contributed by atoms with Crippen molar-refractivity contribution >= 4 is 33.3 Å². The number of aromatic nitrogens is 4. The van der Waals surface area contributed by atoms with Crippen LogP contribution in [0.15, 0.2) is 47.5 Å². The van der Waals surface area contributed by atoms with Crippen molar-refractivity contribution in [3.63, 3.8) is 0 Å².